The highest BCUT2D eigenvalue weighted by atomic mass is 19.4. The third-order valence-electron chi connectivity index (χ3n) is 2.14. The highest BCUT2D eigenvalue weighted by Crippen LogP contribution is 2.34. The standard InChI is InChI=1S/C7H8F3NO2/c8-7(9,10)6-1-4-2-13-11-5(4)3-12-6/h3-4,6,11H,1-2H2/t4-,6+/m0/s1. The maximum atomic E-state index is 12.2. The summed E-state index contributed by atoms with van der Waals surface area (Å²) < 4.78 is 41.1. The van der Waals surface area contributed by atoms with Gasteiger partial charge in [-0.25, -0.2) is 0 Å². The normalized spacial score (nSPS) is 33.0. The molecule has 2 heterocycles. The Hall–Kier alpha value is -0.910. The van der Waals surface area contributed by atoms with Crippen molar-refractivity contribution in [2.24, 2.45) is 5.92 Å². The van der Waals surface area contributed by atoms with Crippen LogP contribution >= 0.6 is 0 Å². The van der Waals surface area contributed by atoms with Crippen LogP contribution in [0.4, 0.5) is 13.2 Å². The molecule has 0 radical (unpaired) electrons. The van der Waals surface area contributed by atoms with Crippen LogP contribution in [0.15, 0.2) is 12.0 Å². The lowest BCUT2D eigenvalue weighted by Gasteiger charge is -2.26. The Morgan fingerprint density at radius 2 is 2.23 bits per heavy atom. The third kappa shape index (κ3) is 1.58. The molecule has 0 spiro atoms. The molecule has 0 bridgehead atoms. The molecular weight excluding hydrogens is 187 g/mol. The molecule has 74 valence electrons. The first-order valence-electron chi connectivity index (χ1n) is 3.87. The second-order valence-corrected chi connectivity index (χ2v) is 3.09. The topological polar surface area (TPSA) is 30.5 Å². The molecule has 2 rings (SSSR count). The maximum absolute atomic E-state index is 12.2. The molecule has 3 nitrogen and oxygen atoms in total. The van der Waals surface area contributed by atoms with E-state index in [0.717, 1.165) is 6.26 Å². The predicted octanol–water partition coefficient (Wildman–Crippen LogP) is 1.33. The van der Waals surface area contributed by atoms with E-state index in [4.69, 9.17) is 4.84 Å². The van der Waals surface area contributed by atoms with E-state index >= 15 is 0 Å². The molecule has 0 aliphatic carbocycles. The van der Waals surface area contributed by atoms with Crippen LogP contribution < -0.4 is 5.48 Å². The summed E-state index contributed by atoms with van der Waals surface area (Å²) in [6.07, 6.45) is -4.95. The molecule has 6 heteroatoms. The second kappa shape index (κ2) is 2.80. The summed E-state index contributed by atoms with van der Waals surface area (Å²) >= 11 is 0. The van der Waals surface area contributed by atoms with E-state index < -0.39 is 12.3 Å². The van der Waals surface area contributed by atoms with Crippen LogP contribution in [0.5, 0.6) is 0 Å². The minimum absolute atomic E-state index is 0.0671. The van der Waals surface area contributed by atoms with Gasteiger partial charge in [-0.15, -0.1) is 0 Å². The zero-order valence-electron chi connectivity index (χ0n) is 6.60. The molecular formula is C7H8F3NO2. The zero-order valence-corrected chi connectivity index (χ0v) is 6.60. The first-order valence-corrected chi connectivity index (χ1v) is 3.87. The van der Waals surface area contributed by atoms with Crippen molar-refractivity contribution in [1.29, 1.82) is 0 Å². The number of hydrogen-bond donors (Lipinski definition) is 1. The van der Waals surface area contributed by atoms with E-state index in [1.165, 1.54) is 0 Å². The molecule has 2 aliphatic heterocycles. The van der Waals surface area contributed by atoms with Gasteiger partial charge in [0.15, 0.2) is 6.10 Å². The summed E-state index contributed by atoms with van der Waals surface area (Å²) in [5.74, 6) is -0.208. The monoisotopic (exact) mass is 195 g/mol. The van der Waals surface area contributed by atoms with E-state index in [2.05, 4.69) is 10.2 Å². The van der Waals surface area contributed by atoms with E-state index in [0.29, 0.717) is 5.70 Å². The molecule has 1 saturated heterocycles. The molecule has 1 fully saturated rings. The number of ether oxygens (including phenoxy) is 1. The minimum Gasteiger partial charge on any atom is -0.487 e. The lowest BCUT2D eigenvalue weighted by atomic mass is 9.98. The summed E-state index contributed by atoms with van der Waals surface area (Å²) in [5.41, 5.74) is 3.10. The van der Waals surface area contributed by atoms with Gasteiger partial charge in [0, 0.05) is 12.3 Å². The molecule has 0 aromatic rings. The van der Waals surface area contributed by atoms with Gasteiger partial charge in [0.2, 0.25) is 0 Å². The van der Waals surface area contributed by atoms with Gasteiger partial charge in [-0.3, -0.25) is 10.3 Å². The Balaban J connectivity index is 2.08. The number of hydroxylamine groups is 1. The van der Waals surface area contributed by atoms with Crippen LogP contribution in [-0.4, -0.2) is 18.9 Å². The summed E-state index contributed by atoms with van der Waals surface area (Å²) in [5, 5.41) is 0. The van der Waals surface area contributed by atoms with Crippen molar-refractivity contribution >= 4 is 0 Å². The molecule has 0 unspecified atom stereocenters. The Morgan fingerprint density at radius 1 is 1.46 bits per heavy atom. The molecule has 2 atom stereocenters. The fourth-order valence-electron chi connectivity index (χ4n) is 1.39. The van der Waals surface area contributed by atoms with Crippen LogP contribution in [-0.2, 0) is 9.57 Å². The summed E-state index contributed by atoms with van der Waals surface area (Å²) in [7, 11) is 0. The molecule has 13 heavy (non-hydrogen) atoms. The average molecular weight is 195 g/mol. The molecule has 0 aromatic heterocycles. The van der Waals surface area contributed by atoms with Crippen LogP contribution in [0.2, 0.25) is 0 Å². The molecule has 0 aromatic carbocycles. The van der Waals surface area contributed by atoms with Crippen molar-refractivity contribution in [3.63, 3.8) is 0 Å². The van der Waals surface area contributed by atoms with Gasteiger partial charge in [0.1, 0.15) is 6.26 Å². The van der Waals surface area contributed by atoms with Crippen LogP contribution in [0.3, 0.4) is 0 Å². The third-order valence-corrected chi connectivity index (χ3v) is 2.14. The SMILES string of the molecule is FC(F)(F)[C@H]1C[C@H]2CONC2=CO1. The van der Waals surface area contributed by atoms with Crippen LogP contribution in [0.1, 0.15) is 6.42 Å². The Bertz CT molecular complexity index is 238. The molecule has 2 aliphatic rings. The summed E-state index contributed by atoms with van der Waals surface area (Å²) in [4.78, 5) is 4.79. The lowest BCUT2D eigenvalue weighted by molar-refractivity contribution is -0.212. The van der Waals surface area contributed by atoms with Crippen molar-refractivity contribution in [2.45, 2.75) is 18.7 Å². The van der Waals surface area contributed by atoms with Crippen molar-refractivity contribution < 1.29 is 22.7 Å². The van der Waals surface area contributed by atoms with Gasteiger partial charge in [-0.05, 0) is 0 Å². The molecule has 0 saturated carbocycles. The first-order chi connectivity index (χ1) is 6.07. The van der Waals surface area contributed by atoms with E-state index in [-0.39, 0.29) is 18.9 Å². The van der Waals surface area contributed by atoms with Gasteiger partial charge in [-0.2, -0.15) is 13.2 Å². The fraction of sp³-hybridized carbons (Fsp3) is 0.714. The largest absolute Gasteiger partial charge is 0.487 e. The van der Waals surface area contributed by atoms with Crippen LogP contribution in [0, 0.1) is 5.92 Å². The predicted molar refractivity (Wildman–Crippen MR) is 36.2 cm³/mol. The number of fused-ring (bicyclic) bond motifs is 1. The average Bonchev–Trinajstić information content (AvgIpc) is 2.47. The number of nitrogens with one attached hydrogen (secondary N) is 1. The van der Waals surface area contributed by atoms with Crippen molar-refractivity contribution in [1.82, 2.24) is 5.48 Å². The highest BCUT2D eigenvalue weighted by Gasteiger charge is 2.46. The quantitative estimate of drug-likeness (QED) is 0.632. The minimum atomic E-state index is -4.29. The second-order valence-electron chi connectivity index (χ2n) is 3.09. The van der Waals surface area contributed by atoms with Gasteiger partial charge < -0.3 is 4.74 Å². The highest BCUT2D eigenvalue weighted by molar-refractivity contribution is 5.07. The van der Waals surface area contributed by atoms with Crippen molar-refractivity contribution in [2.75, 3.05) is 6.61 Å². The van der Waals surface area contributed by atoms with Crippen molar-refractivity contribution in [3.05, 3.63) is 12.0 Å². The number of halogens is 3. The van der Waals surface area contributed by atoms with E-state index in [9.17, 15) is 13.2 Å². The molecule has 1 N–H and O–H groups in total. The maximum Gasteiger partial charge on any atom is 0.425 e. The lowest BCUT2D eigenvalue weighted by Crippen LogP contribution is -2.35. The Morgan fingerprint density at radius 3 is 2.92 bits per heavy atom. The Kier molecular flexibility index (Phi) is 1.87. The van der Waals surface area contributed by atoms with Gasteiger partial charge in [-0.1, -0.05) is 0 Å². The van der Waals surface area contributed by atoms with E-state index in [1.807, 2.05) is 0 Å². The zero-order chi connectivity index (χ0) is 9.47. The summed E-state index contributed by atoms with van der Waals surface area (Å²) in [6.45, 7) is 0.280. The Labute approximate surface area is 72.5 Å². The molecule has 0 amide bonds. The fourth-order valence-corrected chi connectivity index (χ4v) is 1.39. The van der Waals surface area contributed by atoms with Gasteiger partial charge in [0.25, 0.3) is 0 Å². The van der Waals surface area contributed by atoms with Gasteiger partial charge in [0.05, 0.1) is 12.3 Å². The first kappa shape index (κ1) is 8.68. The van der Waals surface area contributed by atoms with Crippen LogP contribution in [0.25, 0.3) is 0 Å². The number of rotatable bonds is 0. The smallest absolute Gasteiger partial charge is 0.425 e. The van der Waals surface area contributed by atoms with Crippen molar-refractivity contribution in [3.8, 4) is 0 Å². The summed E-state index contributed by atoms with van der Waals surface area (Å²) in [6, 6.07) is 0. The van der Waals surface area contributed by atoms with E-state index in [1.54, 1.807) is 0 Å². The number of hydrogen-bond acceptors (Lipinski definition) is 3. The van der Waals surface area contributed by atoms with Gasteiger partial charge >= 0.3 is 6.18 Å². The number of alkyl halides is 3.